The first-order valence-electron chi connectivity index (χ1n) is 6.63. The van der Waals surface area contributed by atoms with Crippen LogP contribution in [0.2, 0.25) is 0 Å². The molecule has 112 valence electrons. The van der Waals surface area contributed by atoms with Crippen molar-refractivity contribution in [3.8, 4) is 5.75 Å². The number of methoxy groups -OCH3 is 1. The molecule has 0 bridgehead atoms. The van der Waals surface area contributed by atoms with Gasteiger partial charge in [-0.05, 0) is 25.5 Å². The van der Waals surface area contributed by atoms with E-state index in [4.69, 9.17) is 4.74 Å². The van der Waals surface area contributed by atoms with E-state index in [-0.39, 0.29) is 17.9 Å². The molecule has 1 aliphatic rings. The lowest BCUT2D eigenvalue weighted by Gasteiger charge is -2.10. The van der Waals surface area contributed by atoms with Gasteiger partial charge in [-0.15, -0.1) is 0 Å². The molecule has 0 saturated carbocycles. The van der Waals surface area contributed by atoms with Crippen LogP contribution in [-0.4, -0.2) is 31.3 Å². The van der Waals surface area contributed by atoms with Crippen LogP contribution in [0.4, 0.5) is 10.5 Å². The SMILES string of the molecule is COc1cccc(NC(=O)NCCC2C(=O)NN=C2C)c1. The van der Waals surface area contributed by atoms with Crippen molar-refractivity contribution >= 4 is 23.3 Å². The Morgan fingerprint density at radius 2 is 2.29 bits per heavy atom. The second kappa shape index (κ2) is 6.74. The zero-order valence-corrected chi connectivity index (χ0v) is 12.0. The zero-order valence-electron chi connectivity index (χ0n) is 12.0. The lowest BCUT2D eigenvalue weighted by atomic mass is 10.0. The van der Waals surface area contributed by atoms with Crippen molar-refractivity contribution in [3.63, 3.8) is 0 Å². The maximum Gasteiger partial charge on any atom is 0.319 e. The fourth-order valence-corrected chi connectivity index (χ4v) is 2.03. The summed E-state index contributed by atoms with van der Waals surface area (Å²) in [6.07, 6.45) is 0.521. The number of ether oxygens (including phenoxy) is 1. The van der Waals surface area contributed by atoms with Gasteiger partial charge in [0, 0.05) is 24.0 Å². The average molecular weight is 290 g/mol. The number of carbonyl (C=O) groups is 2. The summed E-state index contributed by atoms with van der Waals surface area (Å²) < 4.78 is 5.08. The second-order valence-electron chi connectivity index (χ2n) is 4.68. The van der Waals surface area contributed by atoms with E-state index in [0.717, 1.165) is 5.71 Å². The Bertz CT molecular complexity index is 571. The van der Waals surface area contributed by atoms with E-state index in [0.29, 0.717) is 24.4 Å². The van der Waals surface area contributed by atoms with Gasteiger partial charge in [0.05, 0.1) is 13.0 Å². The highest BCUT2D eigenvalue weighted by Gasteiger charge is 2.26. The maximum absolute atomic E-state index is 11.8. The Kier molecular flexibility index (Phi) is 4.76. The summed E-state index contributed by atoms with van der Waals surface area (Å²) >= 11 is 0. The van der Waals surface area contributed by atoms with Gasteiger partial charge in [-0.3, -0.25) is 4.79 Å². The smallest absolute Gasteiger partial charge is 0.319 e. The van der Waals surface area contributed by atoms with Crippen molar-refractivity contribution in [2.75, 3.05) is 19.0 Å². The summed E-state index contributed by atoms with van der Waals surface area (Å²) in [7, 11) is 1.57. The third-order valence-corrected chi connectivity index (χ3v) is 3.21. The van der Waals surface area contributed by atoms with Gasteiger partial charge in [-0.25, -0.2) is 10.2 Å². The molecule has 7 heteroatoms. The van der Waals surface area contributed by atoms with E-state index in [1.165, 1.54) is 0 Å². The number of rotatable bonds is 5. The number of urea groups is 1. The average Bonchev–Trinajstić information content (AvgIpc) is 2.79. The predicted molar refractivity (Wildman–Crippen MR) is 79.4 cm³/mol. The lowest BCUT2D eigenvalue weighted by molar-refractivity contribution is -0.122. The fraction of sp³-hybridized carbons (Fsp3) is 0.357. The highest BCUT2D eigenvalue weighted by Crippen LogP contribution is 2.16. The van der Waals surface area contributed by atoms with Crippen LogP contribution in [0.15, 0.2) is 29.4 Å². The largest absolute Gasteiger partial charge is 0.497 e. The Labute approximate surface area is 122 Å². The highest BCUT2D eigenvalue weighted by atomic mass is 16.5. The lowest BCUT2D eigenvalue weighted by Crippen LogP contribution is -2.33. The van der Waals surface area contributed by atoms with Crippen LogP contribution >= 0.6 is 0 Å². The first-order valence-corrected chi connectivity index (χ1v) is 6.63. The first-order chi connectivity index (χ1) is 10.1. The van der Waals surface area contributed by atoms with Crippen molar-refractivity contribution < 1.29 is 14.3 Å². The van der Waals surface area contributed by atoms with E-state index < -0.39 is 0 Å². The minimum Gasteiger partial charge on any atom is -0.497 e. The van der Waals surface area contributed by atoms with Gasteiger partial charge in [0.1, 0.15) is 5.75 Å². The van der Waals surface area contributed by atoms with Gasteiger partial charge in [-0.1, -0.05) is 6.07 Å². The van der Waals surface area contributed by atoms with Gasteiger partial charge in [0.15, 0.2) is 0 Å². The quantitative estimate of drug-likeness (QED) is 0.764. The summed E-state index contributed by atoms with van der Waals surface area (Å²) in [6, 6.07) is 6.75. The molecule has 21 heavy (non-hydrogen) atoms. The highest BCUT2D eigenvalue weighted by molar-refractivity contribution is 6.06. The fourth-order valence-electron chi connectivity index (χ4n) is 2.03. The van der Waals surface area contributed by atoms with Crippen molar-refractivity contribution in [2.45, 2.75) is 13.3 Å². The molecule has 1 heterocycles. The number of hydrazone groups is 1. The number of anilines is 1. The summed E-state index contributed by atoms with van der Waals surface area (Å²) in [4.78, 5) is 23.2. The standard InChI is InChI=1S/C14H18N4O3/c1-9-12(13(19)18-17-9)6-7-15-14(20)16-10-4-3-5-11(8-10)21-2/h3-5,8,12H,6-7H2,1-2H3,(H,18,19)(H2,15,16,20). The number of benzene rings is 1. The van der Waals surface area contributed by atoms with E-state index in [1.54, 1.807) is 38.3 Å². The number of nitrogens with one attached hydrogen (secondary N) is 3. The summed E-state index contributed by atoms with van der Waals surface area (Å²) in [5.41, 5.74) is 3.80. The molecule has 0 aromatic heterocycles. The number of amides is 3. The molecule has 7 nitrogen and oxygen atoms in total. The van der Waals surface area contributed by atoms with Gasteiger partial charge >= 0.3 is 6.03 Å². The molecule has 1 aromatic carbocycles. The van der Waals surface area contributed by atoms with Crippen LogP contribution in [0.25, 0.3) is 0 Å². The molecule has 0 radical (unpaired) electrons. The van der Waals surface area contributed by atoms with Gasteiger partial charge in [0.25, 0.3) is 0 Å². The van der Waals surface area contributed by atoms with Crippen LogP contribution in [0.3, 0.4) is 0 Å². The summed E-state index contributed by atoms with van der Waals surface area (Å²) in [6.45, 7) is 2.18. The monoisotopic (exact) mass is 290 g/mol. The number of nitrogens with zero attached hydrogens (tertiary/aromatic N) is 1. The maximum atomic E-state index is 11.8. The molecule has 1 aromatic rings. The van der Waals surface area contributed by atoms with Crippen LogP contribution in [0, 0.1) is 5.92 Å². The van der Waals surface area contributed by atoms with E-state index in [2.05, 4.69) is 21.2 Å². The molecule has 0 saturated heterocycles. The van der Waals surface area contributed by atoms with Gasteiger partial charge < -0.3 is 15.4 Å². The van der Waals surface area contributed by atoms with Crippen molar-refractivity contribution in [2.24, 2.45) is 11.0 Å². The third kappa shape index (κ3) is 3.95. The Balaban J connectivity index is 1.77. The first kappa shape index (κ1) is 14.8. The number of hydrogen-bond acceptors (Lipinski definition) is 4. The number of hydrogen-bond donors (Lipinski definition) is 3. The molecule has 0 aliphatic carbocycles. The van der Waals surface area contributed by atoms with Crippen LogP contribution in [0.5, 0.6) is 5.75 Å². The number of carbonyl (C=O) groups excluding carboxylic acids is 2. The van der Waals surface area contributed by atoms with Crippen LogP contribution in [0.1, 0.15) is 13.3 Å². The van der Waals surface area contributed by atoms with Crippen LogP contribution in [-0.2, 0) is 4.79 Å². The van der Waals surface area contributed by atoms with Gasteiger partial charge in [0.2, 0.25) is 5.91 Å². The van der Waals surface area contributed by atoms with E-state index >= 15 is 0 Å². The van der Waals surface area contributed by atoms with E-state index in [1.807, 2.05) is 0 Å². The molecule has 1 aliphatic heterocycles. The summed E-state index contributed by atoms with van der Waals surface area (Å²) in [5, 5.41) is 9.27. The zero-order chi connectivity index (χ0) is 15.2. The van der Waals surface area contributed by atoms with Gasteiger partial charge in [-0.2, -0.15) is 5.10 Å². The Morgan fingerprint density at radius 3 is 2.95 bits per heavy atom. The van der Waals surface area contributed by atoms with Crippen molar-refractivity contribution in [1.82, 2.24) is 10.7 Å². The minimum atomic E-state index is -0.323. The molecule has 3 N–H and O–H groups in total. The van der Waals surface area contributed by atoms with Crippen molar-refractivity contribution in [3.05, 3.63) is 24.3 Å². The summed E-state index contributed by atoms with van der Waals surface area (Å²) in [5.74, 6) is 0.284. The predicted octanol–water partition coefficient (Wildman–Crippen LogP) is 1.33. The van der Waals surface area contributed by atoms with Crippen LogP contribution < -0.4 is 20.8 Å². The molecule has 3 amide bonds. The molecule has 2 rings (SSSR count). The topological polar surface area (TPSA) is 91.8 Å². The molecular formula is C14H18N4O3. The molecule has 1 atom stereocenters. The third-order valence-electron chi connectivity index (χ3n) is 3.21. The Morgan fingerprint density at radius 1 is 1.48 bits per heavy atom. The second-order valence-corrected chi connectivity index (χ2v) is 4.68. The molecule has 0 spiro atoms. The normalized spacial score (nSPS) is 17.0. The Hall–Kier alpha value is -2.57. The molecule has 0 fully saturated rings. The molecule has 1 unspecified atom stereocenters. The molecular weight excluding hydrogens is 272 g/mol. The van der Waals surface area contributed by atoms with Crippen molar-refractivity contribution in [1.29, 1.82) is 0 Å². The van der Waals surface area contributed by atoms with E-state index in [9.17, 15) is 9.59 Å². The minimum absolute atomic E-state index is 0.123.